The fourth-order valence-electron chi connectivity index (χ4n) is 2.03. The van der Waals surface area contributed by atoms with E-state index in [-0.39, 0.29) is 0 Å². The van der Waals surface area contributed by atoms with Crippen LogP contribution < -0.4 is 10.6 Å². The number of thiophene rings is 1. The largest absolute Gasteiger partial charge is 0.396 e. The number of anilines is 2. The first-order chi connectivity index (χ1) is 7.86. The summed E-state index contributed by atoms with van der Waals surface area (Å²) >= 11 is 1.70. The van der Waals surface area contributed by atoms with Crippen LogP contribution in [0, 0.1) is 0 Å². The molecule has 4 nitrogen and oxygen atoms in total. The highest BCUT2D eigenvalue weighted by Crippen LogP contribution is 2.35. The average Bonchev–Trinajstić information content (AvgIpc) is 2.78. The lowest BCUT2D eigenvalue weighted by Gasteiger charge is -2.30. The van der Waals surface area contributed by atoms with Crippen LogP contribution in [0.2, 0.25) is 0 Å². The molecule has 0 amide bonds. The summed E-state index contributed by atoms with van der Waals surface area (Å²) in [6.45, 7) is 3.35. The van der Waals surface area contributed by atoms with Gasteiger partial charge in [-0.05, 0) is 11.4 Å². The van der Waals surface area contributed by atoms with Crippen molar-refractivity contribution in [2.45, 2.75) is 0 Å². The van der Waals surface area contributed by atoms with E-state index in [9.17, 15) is 0 Å². The summed E-state index contributed by atoms with van der Waals surface area (Å²) in [7, 11) is 0. The quantitative estimate of drug-likeness (QED) is 0.817. The van der Waals surface area contributed by atoms with Crippen molar-refractivity contribution in [3.63, 3.8) is 0 Å². The minimum atomic E-state index is 0.761. The molecule has 0 aliphatic carbocycles. The summed E-state index contributed by atoms with van der Waals surface area (Å²) in [4.78, 5) is 6.61. The van der Waals surface area contributed by atoms with Crippen molar-refractivity contribution < 1.29 is 4.74 Å². The molecule has 3 rings (SSSR count). The van der Waals surface area contributed by atoms with Crippen LogP contribution in [0.4, 0.5) is 11.4 Å². The second-order valence-electron chi connectivity index (χ2n) is 3.80. The lowest BCUT2D eigenvalue weighted by atomic mass is 10.2. The van der Waals surface area contributed by atoms with E-state index in [1.807, 2.05) is 6.07 Å². The average molecular weight is 235 g/mol. The molecule has 0 bridgehead atoms. The molecule has 0 atom stereocenters. The van der Waals surface area contributed by atoms with E-state index in [0.29, 0.717) is 0 Å². The van der Waals surface area contributed by atoms with Crippen LogP contribution in [0.5, 0.6) is 0 Å². The van der Waals surface area contributed by atoms with Crippen molar-refractivity contribution in [3.05, 3.63) is 17.6 Å². The second-order valence-corrected chi connectivity index (χ2v) is 4.71. The number of aromatic nitrogens is 1. The Morgan fingerprint density at radius 3 is 3.00 bits per heavy atom. The predicted molar refractivity (Wildman–Crippen MR) is 67.1 cm³/mol. The van der Waals surface area contributed by atoms with Crippen LogP contribution in [-0.2, 0) is 4.74 Å². The summed E-state index contributed by atoms with van der Waals surface area (Å²) in [5, 5.41) is 2.06. The Labute approximate surface area is 97.6 Å². The molecule has 3 heterocycles. The summed E-state index contributed by atoms with van der Waals surface area (Å²) in [6, 6.07) is 2.03. The van der Waals surface area contributed by atoms with Crippen molar-refractivity contribution in [3.8, 4) is 0 Å². The van der Waals surface area contributed by atoms with Gasteiger partial charge in [0.05, 0.1) is 41.0 Å². The maximum atomic E-state index is 6.04. The molecule has 1 fully saturated rings. The number of morpholine rings is 1. The van der Waals surface area contributed by atoms with Gasteiger partial charge in [-0.1, -0.05) is 0 Å². The molecule has 2 N–H and O–H groups in total. The van der Waals surface area contributed by atoms with Gasteiger partial charge in [0.2, 0.25) is 0 Å². The van der Waals surface area contributed by atoms with Gasteiger partial charge in [-0.2, -0.15) is 0 Å². The van der Waals surface area contributed by atoms with E-state index >= 15 is 0 Å². The molecule has 2 aromatic heterocycles. The van der Waals surface area contributed by atoms with E-state index in [0.717, 1.165) is 43.2 Å². The van der Waals surface area contributed by atoms with Crippen LogP contribution in [0.25, 0.3) is 10.2 Å². The minimum Gasteiger partial charge on any atom is -0.396 e. The number of nitrogens with zero attached hydrogens (tertiary/aromatic N) is 2. The Morgan fingerprint density at radius 2 is 2.19 bits per heavy atom. The maximum Gasteiger partial charge on any atom is 0.0832 e. The molecule has 2 aromatic rings. The number of fused-ring (bicyclic) bond motifs is 1. The number of nitrogens with two attached hydrogens (primary N) is 1. The van der Waals surface area contributed by atoms with Gasteiger partial charge in [0.15, 0.2) is 0 Å². The van der Waals surface area contributed by atoms with Gasteiger partial charge < -0.3 is 15.4 Å². The molecule has 0 aromatic carbocycles. The number of pyridine rings is 1. The first-order valence-electron chi connectivity index (χ1n) is 5.30. The number of hydrogen-bond donors (Lipinski definition) is 1. The van der Waals surface area contributed by atoms with Crippen LogP contribution >= 0.6 is 11.3 Å². The monoisotopic (exact) mass is 235 g/mol. The van der Waals surface area contributed by atoms with Crippen molar-refractivity contribution in [1.29, 1.82) is 0 Å². The van der Waals surface area contributed by atoms with Crippen molar-refractivity contribution in [1.82, 2.24) is 4.98 Å². The van der Waals surface area contributed by atoms with Gasteiger partial charge in [-0.15, -0.1) is 11.3 Å². The van der Waals surface area contributed by atoms with E-state index in [2.05, 4.69) is 15.3 Å². The highest BCUT2D eigenvalue weighted by molar-refractivity contribution is 7.17. The van der Waals surface area contributed by atoms with Crippen LogP contribution in [-0.4, -0.2) is 31.3 Å². The second kappa shape index (κ2) is 3.92. The fourth-order valence-corrected chi connectivity index (χ4v) is 2.96. The van der Waals surface area contributed by atoms with E-state index in [1.54, 1.807) is 17.5 Å². The Hall–Kier alpha value is -1.33. The van der Waals surface area contributed by atoms with Crippen LogP contribution in [0.3, 0.4) is 0 Å². The smallest absolute Gasteiger partial charge is 0.0832 e. The molecule has 0 saturated carbocycles. The van der Waals surface area contributed by atoms with Gasteiger partial charge in [0, 0.05) is 13.1 Å². The summed E-state index contributed by atoms with van der Waals surface area (Å²) in [5.41, 5.74) is 8.96. The Kier molecular flexibility index (Phi) is 2.41. The Balaban J connectivity index is 2.12. The zero-order valence-electron chi connectivity index (χ0n) is 8.85. The molecule has 1 aliphatic rings. The van der Waals surface area contributed by atoms with Gasteiger partial charge in [0.1, 0.15) is 0 Å². The molecule has 0 spiro atoms. The first-order valence-corrected chi connectivity index (χ1v) is 6.18. The highest BCUT2D eigenvalue weighted by atomic mass is 32.1. The summed E-state index contributed by atoms with van der Waals surface area (Å²) in [5.74, 6) is 0. The molecular weight excluding hydrogens is 222 g/mol. The molecule has 16 heavy (non-hydrogen) atoms. The van der Waals surface area contributed by atoms with E-state index < -0.39 is 0 Å². The Morgan fingerprint density at radius 1 is 1.38 bits per heavy atom. The van der Waals surface area contributed by atoms with E-state index in [4.69, 9.17) is 10.5 Å². The number of hydrogen-bond acceptors (Lipinski definition) is 5. The fraction of sp³-hybridized carbons (Fsp3) is 0.364. The molecule has 1 aliphatic heterocycles. The van der Waals surface area contributed by atoms with Gasteiger partial charge in [-0.3, -0.25) is 4.98 Å². The number of rotatable bonds is 1. The zero-order valence-corrected chi connectivity index (χ0v) is 9.67. The zero-order chi connectivity index (χ0) is 11.0. The molecule has 84 valence electrons. The molecular formula is C11H13N3OS. The molecule has 0 unspecified atom stereocenters. The standard InChI is InChI=1S/C11H13N3OS/c12-8-7-13-9-1-6-16-11(9)10(8)14-2-4-15-5-3-14/h1,6-7H,2-5,12H2. The number of ether oxygens (including phenoxy) is 1. The molecule has 0 radical (unpaired) electrons. The van der Waals surface area contributed by atoms with Gasteiger partial charge in [0.25, 0.3) is 0 Å². The van der Waals surface area contributed by atoms with Crippen molar-refractivity contribution in [2.75, 3.05) is 36.9 Å². The van der Waals surface area contributed by atoms with Crippen molar-refractivity contribution in [2.24, 2.45) is 0 Å². The first kappa shape index (κ1) is 9.86. The number of nitrogen functional groups attached to an aromatic ring is 1. The van der Waals surface area contributed by atoms with E-state index in [1.165, 1.54) is 4.70 Å². The topological polar surface area (TPSA) is 51.4 Å². The lowest BCUT2D eigenvalue weighted by molar-refractivity contribution is 0.123. The summed E-state index contributed by atoms with van der Waals surface area (Å²) < 4.78 is 6.54. The molecule has 1 saturated heterocycles. The molecule has 5 heteroatoms. The lowest BCUT2D eigenvalue weighted by Crippen LogP contribution is -2.36. The van der Waals surface area contributed by atoms with Crippen LogP contribution in [0.15, 0.2) is 17.6 Å². The van der Waals surface area contributed by atoms with Crippen LogP contribution in [0.1, 0.15) is 0 Å². The van der Waals surface area contributed by atoms with Gasteiger partial charge >= 0.3 is 0 Å². The third-order valence-corrected chi connectivity index (χ3v) is 3.71. The van der Waals surface area contributed by atoms with Gasteiger partial charge in [-0.25, -0.2) is 0 Å². The normalized spacial score (nSPS) is 16.9. The Bertz CT molecular complexity index is 505. The predicted octanol–water partition coefficient (Wildman–Crippen LogP) is 1.72. The summed E-state index contributed by atoms with van der Waals surface area (Å²) in [6.07, 6.45) is 1.75. The highest BCUT2D eigenvalue weighted by Gasteiger charge is 2.17. The van der Waals surface area contributed by atoms with Crippen molar-refractivity contribution >= 4 is 32.9 Å². The third kappa shape index (κ3) is 1.52. The third-order valence-electron chi connectivity index (χ3n) is 2.80. The maximum absolute atomic E-state index is 6.04. The SMILES string of the molecule is Nc1cnc2ccsc2c1N1CCOCC1. The minimum absolute atomic E-state index is 0.761.